The molecule has 0 bridgehead atoms. The molecule has 0 aliphatic heterocycles. The molecule has 1 aliphatic carbocycles. The van der Waals surface area contributed by atoms with Crippen LogP contribution in [0.15, 0.2) is 97.1 Å². The van der Waals surface area contributed by atoms with E-state index in [9.17, 15) is 19.7 Å². The number of ether oxygens (including phenoxy) is 1. The van der Waals surface area contributed by atoms with Gasteiger partial charge in [-0.05, 0) is 34.4 Å². The highest BCUT2D eigenvalue weighted by Gasteiger charge is 2.31. The number of nitro benzene ring substituents is 1. The lowest BCUT2D eigenvalue weighted by Crippen LogP contribution is -2.14. The summed E-state index contributed by atoms with van der Waals surface area (Å²) in [4.78, 5) is 36.6. The number of carbonyl (C=O) groups is 2. The monoisotopic (exact) mass is 449 g/mol. The minimum Gasteiger partial charge on any atom is -0.419 e. The fraction of sp³-hybridized carbons (Fsp3) is 0.0714. The lowest BCUT2D eigenvalue weighted by Gasteiger charge is -2.13. The molecule has 0 unspecified atom stereocenters. The fourth-order valence-electron chi connectivity index (χ4n) is 4.45. The molecule has 1 aliphatic rings. The van der Waals surface area contributed by atoms with Gasteiger partial charge in [0.05, 0.1) is 11.3 Å². The van der Waals surface area contributed by atoms with Crippen molar-refractivity contribution in [3.05, 3.63) is 129 Å². The minimum atomic E-state index is -0.648. The highest BCUT2D eigenvalue weighted by atomic mass is 16.6. The Morgan fingerprint density at radius 3 is 1.97 bits per heavy atom. The summed E-state index contributed by atoms with van der Waals surface area (Å²) < 4.78 is 5.45. The second-order valence-electron chi connectivity index (χ2n) is 8.04. The first kappa shape index (κ1) is 21.3. The summed E-state index contributed by atoms with van der Waals surface area (Å²) in [5, 5.41) is 11.7. The normalized spacial score (nSPS) is 12.0. The number of carbonyl (C=O) groups excluding carboxylic acids is 2. The summed E-state index contributed by atoms with van der Waals surface area (Å²) in [6.45, 7) is 0. The summed E-state index contributed by atoms with van der Waals surface area (Å²) in [5.41, 5.74) is 4.34. The Morgan fingerprint density at radius 2 is 1.35 bits per heavy atom. The lowest BCUT2D eigenvalue weighted by atomic mass is 9.94. The van der Waals surface area contributed by atoms with Gasteiger partial charge < -0.3 is 4.74 Å². The molecule has 6 heteroatoms. The van der Waals surface area contributed by atoms with Gasteiger partial charge in [-0.1, -0.05) is 78.9 Å². The zero-order valence-corrected chi connectivity index (χ0v) is 18.0. The van der Waals surface area contributed by atoms with E-state index in [-0.39, 0.29) is 29.4 Å². The molecular formula is C28H19NO5. The van der Waals surface area contributed by atoms with E-state index < -0.39 is 16.6 Å². The SMILES string of the molecule is O=C(CC1c2ccccc2-c2ccccc21)Oc1ccc(C(=O)c2ccccc2)cc1[N+](=O)[O-]. The fourth-order valence-corrected chi connectivity index (χ4v) is 4.45. The smallest absolute Gasteiger partial charge is 0.312 e. The third kappa shape index (κ3) is 3.86. The van der Waals surface area contributed by atoms with Crippen molar-refractivity contribution in [2.24, 2.45) is 0 Å². The topological polar surface area (TPSA) is 86.5 Å². The van der Waals surface area contributed by atoms with E-state index in [0.717, 1.165) is 28.3 Å². The number of hydrogen-bond donors (Lipinski definition) is 0. The molecule has 4 aromatic rings. The zero-order valence-electron chi connectivity index (χ0n) is 18.0. The van der Waals surface area contributed by atoms with E-state index in [1.807, 2.05) is 48.5 Å². The number of hydrogen-bond acceptors (Lipinski definition) is 5. The molecule has 0 spiro atoms. The molecule has 34 heavy (non-hydrogen) atoms. The Kier molecular flexibility index (Phi) is 5.47. The maximum absolute atomic E-state index is 12.9. The molecule has 0 saturated carbocycles. The second kappa shape index (κ2) is 8.75. The number of nitrogens with zero attached hydrogens (tertiary/aromatic N) is 1. The van der Waals surface area contributed by atoms with Gasteiger partial charge in [0.2, 0.25) is 5.75 Å². The van der Waals surface area contributed by atoms with Crippen LogP contribution in [0.25, 0.3) is 11.1 Å². The van der Waals surface area contributed by atoms with Gasteiger partial charge >= 0.3 is 11.7 Å². The Balaban J connectivity index is 1.40. The predicted molar refractivity (Wildman–Crippen MR) is 127 cm³/mol. The number of ketones is 1. The molecule has 166 valence electrons. The third-order valence-corrected chi connectivity index (χ3v) is 6.01. The van der Waals surface area contributed by atoms with Crippen LogP contribution in [-0.2, 0) is 4.79 Å². The lowest BCUT2D eigenvalue weighted by molar-refractivity contribution is -0.385. The molecule has 0 fully saturated rings. The van der Waals surface area contributed by atoms with Crippen molar-refractivity contribution < 1.29 is 19.2 Å². The molecule has 5 rings (SSSR count). The van der Waals surface area contributed by atoms with Crippen LogP contribution in [0.1, 0.15) is 39.4 Å². The standard InChI is InChI=1S/C28H19NO5/c30-27(17-24-22-12-6-4-10-20(22)21-11-5-7-13-23(21)24)34-26-15-14-19(16-25(26)29(32)33)28(31)18-8-2-1-3-9-18/h1-16,24H,17H2. The van der Waals surface area contributed by atoms with Crippen molar-refractivity contribution >= 4 is 17.4 Å². The van der Waals surface area contributed by atoms with Crippen LogP contribution in [0.2, 0.25) is 0 Å². The summed E-state index contributed by atoms with van der Waals surface area (Å²) in [7, 11) is 0. The van der Waals surface area contributed by atoms with Gasteiger partial charge in [0.25, 0.3) is 0 Å². The summed E-state index contributed by atoms with van der Waals surface area (Å²) in [6.07, 6.45) is 0.0376. The molecular weight excluding hydrogens is 430 g/mol. The molecule has 0 saturated heterocycles. The summed E-state index contributed by atoms with van der Waals surface area (Å²) in [6, 6.07) is 28.2. The molecule has 0 N–H and O–H groups in total. The Bertz CT molecular complexity index is 1380. The van der Waals surface area contributed by atoms with Crippen molar-refractivity contribution in [3.63, 3.8) is 0 Å². The van der Waals surface area contributed by atoms with Crippen molar-refractivity contribution in [2.45, 2.75) is 12.3 Å². The highest BCUT2D eigenvalue weighted by molar-refractivity contribution is 6.09. The van der Waals surface area contributed by atoms with Crippen molar-refractivity contribution in [2.75, 3.05) is 0 Å². The molecule has 0 aromatic heterocycles. The Hall–Kier alpha value is -4.58. The van der Waals surface area contributed by atoms with Crippen molar-refractivity contribution in [1.82, 2.24) is 0 Å². The quantitative estimate of drug-likeness (QED) is 0.120. The van der Waals surface area contributed by atoms with Crippen molar-refractivity contribution in [3.8, 4) is 16.9 Å². The molecule has 6 nitrogen and oxygen atoms in total. The van der Waals surface area contributed by atoms with Crippen LogP contribution in [0.4, 0.5) is 5.69 Å². The number of fused-ring (bicyclic) bond motifs is 3. The number of nitro groups is 1. The van der Waals surface area contributed by atoms with Crippen LogP contribution < -0.4 is 4.74 Å². The maximum Gasteiger partial charge on any atom is 0.312 e. The van der Waals surface area contributed by atoms with Gasteiger partial charge in [-0.15, -0.1) is 0 Å². The highest BCUT2D eigenvalue weighted by Crippen LogP contribution is 2.46. The average molecular weight is 449 g/mol. The maximum atomic E-state index is 12.9. The van der Waals surface area contributed by atoms with Gasteiger partial charge in [0.1, 0.15) is 0 Å². The zero-order chi connectivity index (χ0) is 23.7. The van der Waals surface area contributed by atoms with E-state index in [2.05, 4.69) is 0 Å². The first-order valence-corrected chi connectivity index (χ1v) is 10.8. The van der Waals surface area contributed by atoms with Crippen LogP contribution >= 0.6 is 0 Å². The molecule has 0 atom stereocenters. The molecule has 4 aromatic carbocycles. The number of benzene rings is 4. The van der Waals surface area contributed by atoms with Gasteiger partial charge in [-0.2, -0.15) is 0 Å². The molecule has 0 radical (unpaired) electrons. The number of rotatable bonds is 6. The average Bonchev–Trinajstić information content (AvgIpc) is 3.18. The van der Waals surface area contributed by atoms with Crippen LogP contribution in [-0.4, -0.2) is 16.7 Å². The van der Waals surface area contributed by atoms with Gasteiger partial charge in [-0.25, -0.2) is 0 Å². The number of esters is 1. The first-order chi connectivity index (χ1) is 16.5. The van der Waals surface area contributed by atoms with Gasteiger partial charge in [0.15, 0.2) is 5.78 Å². The summed E-state index contributed by atoms with van der Waals surface area (Å²) in [5.74, 6) is -1.31. The predicted octanol–water partition coefficient (Wildman–Crippen LogP) is 5.93. The molecule has 0 heterocycles. The van der Waals surface area contributed by atoms with E-state index in [4.69, 9.17) is 4.74 Å². The minimum absolute atomic E-state index is 0.0376. The second-order valence-corrected chi connectivity index (χ2v) is 8.04. The summed E-state index contributed by atoms with van der Waals surface area (Å²) >= 11 is 0. The van der Waals surface area contributed by atoms with E-state index >= 15 is 0 Å². The van der Waals surface area contributed by atoms with Gasteiger partial charge in [-0.3, -0.25) is 19.7 Å². The Morgan fingerprint density at radius 1 is 0.765 bits per heavy atom. The van der Waals surface area contributed by atoms with Crippen LogP contribution in [0.5, 0.6) is 5.75 Å². The van der Waals surface area contributed by atoms with Crippen LogP contribution in [0.3, 0.4) is 0 Å². The Labute approximate surface area is 195 Å². The van der Waals surface area contributed by atoms with Gasteiger partial charge in [0, 0.05) is 23.1 Å². The van der Waals surface area contributed by atoms with Crippen LogP contribution in [0, 0.1) is 10.1 Å². The van der Waals surface area contributed by atoms with E-state index in [1.54, 1.807) is 30.3 Å². The van der Waals surface area contributed by atoms with E-state index in [0.29, 0.717) is 5.56 Å². The molecule has 0 amide bonds. The largest absolute Gasteiger partial charge is 0.419 e. The van der Waals surface area contributed by atoms with Crippen molar-refractivity contribution in [1.29, 1.82) is 0 Å². The first-order valence-electron chi connectivity index (χ1n) is 10.8. The third-order valence-electron chi connectivity index (χ3n) is 6.01. The van der Waals surface area contributed by atoms with E-state index in [1.165, 1.54) is 12.1 Å².